The number of nitrogens with one attached hydrogen (secondary N) is 7. The van der Waals surface area contributed by atoms with Crippen molar-refractivity contribution in [2.24, 2.45) is 0 Å². The topological polar surface area (TPSA) is 562 Å². The molecule has 5 fully saturated rings. The number of allylic oxidation sites excluding steroid dienone is 2. The van der Waals surface area contributed by atoms with Gasteiger partial charge in [-0.15, -0.1) is 65.9 Å². The molecule has 0 unspecified atom stereocenters. The Balaban J connectivity index is 0.000000249. The van der Waals surface area contributed by atoms with Crippen LogP contribution in [0.3, 0.4) is 0 Å². The second-order valence-electron chi connectivity index (χ2n) is 36.1. The average molecular weight is 1970 g/mol. The number of amides is 1. The molecule has 4 aromatic rings. The Morgan fingerprint density at radius 1 is 0.481 bits per heavy atom. The summed E-state index contributed by atoms with van der Waals surface area (Å²) in [4.78, 5) is 106. The van der Waals surface area contributed by atoms with Crippen molar-refractivity contribution in [2.75, 3.05) is 116 Å². The molecule has 20 atom stereocenters. The van der Waals surface area contributed by atoms with Crippen LogP contribution in [0.5, 0.6) is 0 Å². The largest absolute Gasteiger partial charge is 0.388 e. The van der Waals surface area contributed by atoms with Crippen LogP contribution in [-0.2, 0) is 56.5 Å². The van der Waals surface area contributed by atoms with E-state index in [1.165, 1.54) is 64.0 Å². The fourth-order valence-corrected chi connectivity index (χ4v) is 19.5. The number of hydrogen-bond acceptors (Lipinski definition) is 30. The van der Waals surface area contributed by atoms with Crippen LogP contribution < -0.4 is 49.6 Å². The molecular weight excluding hydrogens is 1830 g/mol. The van der Waals surface area contributed by atoms with Crippen molar-refractivity contribution in [3.63, 3.8) is 0 Å². The zero-order valence-electron chi connectivity index (χ0n) is 75.5. The van der Waals surface area contributed by atoms with E-state index in [0.717, 1.165) is 59.3 Å². The number of carbonyl (C=O) groups excluding carboxylic acids is 2. The van der Waals surface area contributed by atoms with Crippen LogP contribution in [0.2, 0.25) is 0 Å². The maximum atomic E-state index is 12.1. The minimum atomic E-state index is -4.11. The maximum absolute atomic E-state index is 12.1. The molecule has 5 saturated heterocycles. The molecule has 726 valence electrons. The Bertz CT molecular complexity index is 5560. The van der Waals surface area contributed by atoms with E-state index in [9.17, 15) is 97.8 Å². The number of aromatic amines is 4. The highest BCUT2D eigenvalue weighted by Crippen LogP contribution is 2.45. The average Bonchev–Trinajstić information content (AvgIpc) is 1.68. The summed E-state index contributed by atoms with van der Waals surface area (Å²) in [7, 11) is -4.11. The highest BCUT2D eigenvalue weighted by molar-refractivity contribution is 7.85. The molecule has 0 aromatic carbocycles. The number of H-pyrrole nitrogens is 4. The Hall–Kier alpha value is -6.07. The van der Waals surface area contributed by atoms with Gasteiger partial charge in [-0.3, -0.25) is 71.5 Å². The minimum absolute atomic E-state index is 0.00936. The molecule has 0 spiro atoms. The lowest BCUT2D eigenvalue weighted by Gasteiger charge is -2.34. The van der Waals surface area contributed by atoms with Crippen LogP contribution in [0.25, 0.3) is 12.2 Å². The Morgan fingerprint density at radius 2 is 0.798 bits per heavy atom. The van der Waals surface area contributed by atoms with Gasteiger partial charge in [0, 0.05) is 61.7 Å². The van der Waals surface area contributed by atoms with Gasteiger partial charge in [0.1, 0.15) is 66.9 Å². The van der Waals surface area contributed by atoms with Gasteiger partial charge in [0.05, 0.1) is 53.0 Å². The van der Waals surface area contributed by atoms with Gasteiger partial charge >= 0.3 is 11.4 Å². The van der Waals surface area contributed by atoms with Crippen molar-refractivity contribution in [3.8, 4) is 0 Å². The predicted octanol–water partition coefficient (Wildman–Crippen LogP) is 1.77. The monoisotopic (exact) mass is 1970 g/mol. The first-order valence-electron chi connectivity index (χ1n) is 41.9. The summed E-state index contributed by atoms with van der Waals surface area (Å²) >= 11 is 10.4. The standard InChI is InChI=1S/C17H30N3O4PS.C17H25N2O6P.C17H27N2O5P.C16H28N3O7PS2.C16H25N2O4P/c1-5-7-18-9-11-10-20(17(26)19-15(11)23)16-14(22)13(21)12(24-16)6-8-25(2,3)4;1-10(20)5-6-11-9-19(17(24)18-15(11)23)16-14(22)13(21)12(25-16)7-8-26(2,3)4;1-5-6-7-11-10-19(17(23)18-15(11)22)16-14(21)13(20)12(24-16)8-9-25(2,3)4;1-27(2,3)6-4-11-12(20)13(21)15(26-11)19-9-10(14(22)18-16(19)28)8-17-5-7-29(23,24)25;1-6-11-9-18(10(2)17-15(11)21)16-14(20)13(19)12(22-16)7-8-23(3,4)5/h10,12-14,16,18,21-22H,2,5-9H2,1,3-4H3,(H,19,23,26);5-6,9,12-14,16,21-22H,2,7-8H2,1,3-4H3,(H,18,23,24);6-7,10,12-14,16,20-21H,2,5,8-9H2,1,3-4H3,(H,18,22,23);9,11-13,15,17,20-21H,1,4-8H2,2-3H3,(H,18,22,28)(H,23,24,25);6,9,12-14,16,19-20H,1-3,7-8H2,4-5H3,(H,17,21)/b;6-5+;7-6+;;/t3*12-,13-,14-,16-;11-,12-,13-,15-;12-,13-,14-,16-/m11111/s1. The lowest BCUT2D eigenvalue weighted by molar-refractivity contribution is -0.119. The Morgan fingerprint density at radius 3 is 1.11 bits per heavy atom. The molecule has 1 amide bonds. The van der Waals surface area contributed by atoms with Gasteiger partial charge in [-0.25, -0.2) is 9.59 Å². The molecule has 129 heavy (non-hydrogen) atoms. The molecule has 0 bridgehead atoms. The highest BCUT2D eigenvalue weighted by atomic mass is 32.2. The zero-order chi connectivity index (χ0) is 97.2. The lowest BCUT2D eigenvalue weighted by atomic mass is 10.1. The van der Waals surface area contributed by atoms with E-state index in [4.69, 9.17) is 52.7 Å². The first kappa shape index (κ1) is 112. The van der Waals surface area contributed by atoms with Crippen LogP contribution >= 0.6 is 58.9 Å². The van der Waals surface area contributed by atoms with Crippen molar-refractivity contribution in [3.05, 3.63) is 168 Å². The fraction of sp³-hybridized carbons (Fsp3) is 0.602. The van der Waals surface area contributed by atoms with Gasteiger partial charge in [-0.2, -0.15) is 8.42 Å². The van der Waals surface area contributed by atoms with Gasteiger partial charge in [-0.1, -0.05) is 45.2 Å². The van der Waals surface area contributed by atoms with E-state index >= 15 is 0 Å². The number of ether oxygens (including phenoxy) is 5. The van der Waals surface area contributed by atoms with Crippen molar-refractivity contribution in [1.82, 2.24) is 59.1 Å². The van der Waals surface area contributed by atoms with Gasteiger partial charge in [0.15, 0.2) is 46.5 Å². The number of aromatic nitrogens is 8. The quantitative estimate of drug-likeness (QED) is 0.0104. The lowest BCUT2D eigenvalue weighted by Crippen LogP contribution is -2.47. The van der Waals surface area contributed by atoms with E-state index in [1.54, 1.807) is 18.3 Å². The molecule has 10 rings (SSSR count). The number of nitrogens with zero attached hydrogens (tertiary/aromatic N) is 5. The summed E-state index contributed by atoms with van der Waals surface area (Å²) in [6.07, 6.45) is 24.9. The van der Waals surface area contributed by atoms with Gasteiger partial charge < -0.3 is 95.6 Å². The highest BCUT2D eigenvalue weighted by Gasteiger charge is 2.50. The Labute approximate surface area is 761 Å². The second-order valence-corrected chi connectivity index (χ2v) is 60.0. The van der Waals surface area contributed by atoms with Crippen molar-refractivity contribution < 1.29 is 97.3 Å². The SMILES string of the molecule is C=CC1=CN([C@@H]2O[C@H](CCP(=C)(C)C)[C@@H](O)[C@H]2O)C(=C)NC1=O.C=P(C)(C)CC[C@H]1O[C@@H](n2cc(/C=C/C(C)=O)c(=O)[nH]c2=O)[C@H](O)[C@@H]1O.C=P(C)(C)CC[C@H]1O[C@@H](n2cc(/C=C/CC)c(=O)[nH]c2=O)[C@H](O)[C@@H]1O.C=P(C)(C)CC[C@H]1O[C@@H](n2cc(CNCCC)c(=O)[nH]c2=S)[C@H](O)[C@@H]1O.C=P(C)(C)CC[C@H]1O[C@@H](n2cc(CNCCS(=O)(=O)O)c(=O)[nH]c2=S)[C@H](O)[C@@H]1O. The van der Waals surface area contributed by atoms with Crippen LogP contribution in [0.1, 0.15) is 113 Å². The normalized spacial score (nSPS) is 27.3. The van der Waals surface area contributed by atoms with Crippen LogP contribution in [0, 0.1) is 9.54 Å². The summed E-state index contributed by atoms with van der Waals surface area (Å²) in [6.45, 7) is 28.3. The third kappa shape index (κ3) is 33.8. The summed E-state index contributed by atoms with van der Waals surface area (Å²) in [5, 5.41) is 112. The number of aliphatic hydroxyl groups is 10. The number of carbonyl (C=O) groups is 2. The molecule has 0 saturated carbocycles. The number of ketones is 1. The first-order chi connectivity index (χ1) is 59.7. The smallest absolute Gasteiger partial charge is 0.330 e. The molecule has 6 aliphatic heterocycles. The summed E-state index contributed by atoms with van der Waals surface area (Å²) in [5.74, 6) is -0.765. The number of hydrogen-bond donors (Lipinski definition) is 18. The Kier molecular flexibility index (Phi) is 41.9. The minimum Gasteiger partial charge on any atom is -0.388 e. The second kappa shape index (κ2) is 48.4. The third-order valence-corrected chi connectivity index (χ3v) is 29.9. The summed E-state index contributed by atoms with van der Waals surface area (Å²) in [6, 6.07) is 0. The van der Waals surface area contributed by atoms with E-state index in [1.807, 2.05) is 13.8 Å². The molecule has 0 radical (unpaired) electrons. The van der Waals surface area contributed by atoms with Crippen molar-refractivity contribution in [2.45, 2.75) is 202 Å². The van der Waals surface area contributed by atoms with Crippen molar-refractivity contribution >= 4 is 124 Å². The van der Waals surface area contributed by atoms with Crippen LogP contribution in [0.4, 0.5) is 0 Å². The molecule has 10 heterocycles. The summed E-state index contributed by atoms with van der Waals surface area (Å²) in [5.41, 5.74) is -1.90. The maximum Gasteiger partial charge on any atom is 0.330 e. The molecule has 6 aliphatic rings. The predicted molar refractivity (Wildman–Crippen MR) is 522 cm³/mol. The molecule has 0 aliphatic carbocycles. The molecule has 38 nitrogen and oxygen atoms in total. The fourth-order valence-electron chi connectivity index (χ4n) is 13.9. The van der Waals surface area contributed by atoms with E-state index in [-0.39, 0.29) is 51.0 Å². The molecule has 46 heteroatoms. The van der Waals surface area contributed by atoms with Gasteiger partial charge in [0.25, 0.3) is 38.3 Å². The zero-order valence-corrected chi connectivity index (χ0v) is 82.5. The van der Waals surface area contributed by atoms with Crippen molar-refractivity contribution in [1.29, 1.82) is 0 Å². The molecule has 18 N–H and O–H groups in total. The first-order valence-corrected chi connectivity index (χ1v) is 59.6. The summed E-state index contributed by atoms with van der Waals surface area (Å²) < 4.78 is 64.6. The van der Waals surface area contributed by atoms with E-state index in [0.29, 0.717) is 61.2 Å². The molecule has 4 aromatic heterocycles. The van der Waals surface area contributed by atoms with E-state index in [2.05, 4.69) is 147 Å². The number of aliphatic hydroxyl groups excluding tert-OH is 10. The molecular formula is C83H135N12O26P5S3. The van der Waals surface area contributed by atoms with E-state index < -0.39 is 201 Å². The number of rotatable bonds is 34. The van der Waals surface area contributed by atoms with Gasteiger partial charge in [0.2, 0.25) is 0 Å². The van der Waals surface area contributed by atoms with Crippen LogP contribution in [-0.4, -0.2) is 364 Å². The van der Waals surface area contributed by atoms with Crippen LogP contribution in [0.15, 0.2) is 103 Å². The van der Waals surface area contributed by atoms with Gasteiger partial charge in [-0.05, 0) is 192 Å². The third-order valence-electron chi connectivity index (χ3n) is 21.2.